The summed E-state index contributed by atoms with van der Waals surface area (Å²) in [4.78, 5) is 22.4. The van der Waals surface area contributed by atoms with Gasteiger partial charge in [-0.25, -0.2) is 0 Å². The van der Waals surface area contributed by atoms with Crippen molar-refractivity contribution in [2.45, 2.75) is 40.7 Å². The molecular weight excluding hydrogens is 154 g/mol. The summed E-state index contributed by atoms with van der Waals surface area (Å²) >= 11 is 0. The molecule has 0 aromatic rings. The second kappa shape index (κ2) is 3.70. The fraction of sp³-hybridized carbons (Fsp3) is 0.778. The highest BCUT2D eigenvalue weighted by Gasteiger charge is 2.32. The predicted molar refractivity (Wildman–Crippen MR) is 47.7 cm³/mol. The molecule has 1 N–H and O–H groups in total. The van der Waals surface area contributed by atoms with Crippen LogP contribution in [0.25, 0.3) is 0 Å². The summed E-state index contributed by atoms with van der Waals surface area (Å²) < 4.78 is 0. The molecule has 0 heterocycles. The van der Waals surface area contributed by atoms with Gasteiger partial charge in [0.15, 0.2) is 0 Å². The van der Waals surface area contributed by atoms with Gasteiger partial charge in [-0.05, 0) is 34.6 Å². The lowest BCUT2D eigenvalue weighted by Crippen LogP contribution is -2.44. The van der Waals surface area contributed by atoms with Crippen LogP contribution in [-0.4, -0.2) is 17.7 Å². The van der Waals surface area contributed by atoms with Gasteiger partial charge in [0.25, 0.3) is 0 Å². The lowest BCUT2D eigenvalue weighted by molar-refractivity contribution is -0.139. The fourth-order valence-corrected chi connectivity index (χ4v) is 0.602. The van der Waals surface area contributed by atoms with Gasteiger partial charge in [0.05, 0.1) is 0 Å². The lowest BCUT2D eigenvalue weighted by Gasteiger charge is -2.21. The van der Waals surface area contributed by atoms with Crippen LogP contribution in [0.2, 0.25) is 0 Å². The molecule has 3 heteroatoms. The molecule has 0 aliphatic heterocycles. The second-order valence-corrected chi connectivity index (χ2v) is 3.81. The van der Waals surface area contributed by atoms with Crippen LogP contribution in [0.1, 0.15) is 34.6 Å². The maximum Gasteiger partial charge on any atom is 0.233 e. The van der Waals surface area contributed by atoms with Crippen molar-refractivity contribution in [2.75, 3.05) is 0 Å². The quantitative estimate of drug-likeness (QED) is 0.647. The van der Waals surface area contributed by atoms with Crippen LogP contribution in [0.3, 0.4) is 0 Å². The maximum absolute atomic E-state index is 11.4. The molecule has 0 spiro atoms. The molecule has 0 fully saturated rings. The summed E-state index contributed by atoms with van der Waals surface area (Å²) in [6, 6.07) is 0.0797. The first-order chi connectivity index (χ1) is 5.28. The van der Waals surface area contributed by atoms with Gasteiger partial charge in [0.1, 0.15) is 11.2 Å². The molecule has 0 bridgehead atoms. The summed E-state index contributed by atoms with van der Waals surface area (Å²) in [5.74, 6) is -0.314. The van der Waals surface area contributed by atoms with Crippen LogP contribution in [-0.2, 0) is 9.59 Å². The minimum absolute atomic E-state index is 0.0797. The zero-order valence-corrected chi connectivity index (χ0v) is 8.39. The molecule has 70 valence electrons. The van der Waals surface area contributed by atoms with Crippen LogP contribution < -0.4 is 5.32 Å². The minimum atomic E-state index is -0.899. The Kier molecular flexibility index (Phi) is 3.43. The smallest absolute Gasteiger partial charge is 0.233 e. The lowest BCUT2D eigenvalue weighted by atomic mass is 9.88. The van der Waals surface area contributed by atoms with E-state index in [1.165, 1.54) is 6.92 Å². The third-order valence-electron chi connectivity index (χ3n) is 1.87. The molecule has 0 atom stereocenters. The summed E-state index contributed by atoms with van der Waals surface area (Å²) in [6.45, 7) is 8.43. The van der Waals surface area contributed by atoms with Crippen molar-refractivity contribution in [3.05, 3.63) is 0 Å². The number of carbonyl (C=O) groups is 2. The van der Waals surface area contributed by atoms with E-state index in [0.717, 1.165) is 0 Å². The highest BCUT2D eigenvalue weighted by atomic mass is 16.2. The monoisotopic (exact) mass is 171 g/mol. The zero-order valence-electron chi connectivity index (χ0n) is 8.39. The molecule has 12 heavy (non-hydrogen) atoms. The van der Waals surface area contributed by atoms with Crippen LogP contribution in [0.4, 0.5) is 0 Å². The number of rotatable bonds is 3. The van der Waals surface area contributed by atoms with E-state index in [0.29, 0.717) is 0 Å². The van der Waals surface area contributed by atoms with Crippen LogP contribution >= 0.6 is 0 Å². The number of hydrogen-bond donors (Lipinski definition) is 1. The first-order valence-corrected chi connectivity index (χ1v) is 4.10. The predicted octanol–water partition coefficient (Wildman–Crippen LogP) is 1.13. The molecule has 0 rings (SSSR count). The summed E-state index contributed by atoms with van der Waals surface area (Å²) in [5, 5.41) is 2.70. The Labute approximate surface area is 73.5 Å². The van der Waals surface area contributed by atoms with Crippen molar-refractivity contribution >= 4 is 11.7 Å². The van der Waals surface area contributed by atoms with Crippen molar-refractivity contribution in [3.8, 4) is 0 Å². The van der Waals surface area contributed by atoms with Crippen molar-refractivity contribution < 1.29 is 9.59 Å². The van der Waals surface area contributed by atoms with E-state index < -0.39 is 5.41 Å². The van der Waals surface area contributed by atoms with Gasteiger partial charge in [-0.3, -0.25) is 9.59 Å². The van der Waals surface area contributed by atoms with E-state index >= 15 is 0 Å². The van der Waals surface area contributed by atoms with E-state index in [4.69, 9.17) is 0 Å². The van der Waals surface area contributed by atoms with E-state index in [2.05, 4.69) is 5.32 Å². The largest absolute Gasteiger partial charge is 0.353 e. The van der Waals surface area contributed by atoms with E-state index in [-0.39, 0.29) is 17.7 Å². The molecule has 0 saturated carbocycles. The number of hydrogen-bond acceptors (Lipinski definition) is 2. The maximum atomic E-state index is 11.4. The molecule has 0 aromatic carbocycles. The van der Waals surface area contributed by atoms with Gasteiger partial charge in [0.2, 0.25) is 5.91 Å². The first-order valence-electron chi connectivity index (χ1n) is 4.10. The van der Waals surface area contributed by atoms with Gasteiger partial charge < -0.3 is 5.32 Å². The van der Waals surface area contributed by atoms with Crippen molar-refractivity contribution in [1.29, 1.82) is 0 Å². The average molecular weight is 171 g/mol. The molecule has 0 aliphatic carbocycles. The third kappa shape index (κ3) is 2.64. The summed E-state index contributed by atoms with van der Waals surface area (Å²) in [5.41, 5.74) is -0.899. The normalized spacial score (nSPS) is 11.5. The second-order valence-electron chi connectivity index (χ2n) is 3.81. The van der Waals surface area contributed by atoms with Crippen molar-refractivity contribution in [1.82, 2.24) is 5.32 Å². The Hall–Kier alpha value is -0.860. The summed E-state index contributed by atoms with van der Waals surface area (Å²) in [7, 11) is 0. The highest BCUT2D eigenvalue weighted by Crippen LogP contribution is 2.16. The van der Waals surface area contributed by atoms with E-state index in [1.54, 1.807) is 13.8 Å². The third-order valence-corrected chi connectivity index (χ3v) is 1.87. The number of Topliss-reactive ketones (excluding diaryl/α,β-unsaturated/α-hetero) is 1. The fourth-order valence-electron chi connectivity index (χ4n) is 0.602. The molecule has 0 aromatic heterocycles. The molecule has 0 saturated heterocycles. The molecule has 1 amide bonds. The van der Waals surface area contributed by atoms with Crippen LogP contribution in [0.15, 0.2) is 0 Å². The Morgan fingerprint density at radius 2 is 1.67 bits per heavy atom. The standard InChI is InChI=1S/C9H17NO2/c1-6(2)10-8(12)9(4,5)7(3)11/h6H,1-5H3,(H,10,12). The van der Waals surface area contributed by atoms with E-state index in [9.17, 15) is 9.59 Å². The van der Waals surface area contributed by atoms with Gasteiger partial charge in [0, 0.05) is 6.04 Å². The first kappa shape index (κ1) is 11.1. The Morgan fingerprint density at radius 1 is 1.25 bits per heavy atom. The minimum Gasteiger partial charge on any atom is -0.353 e. The van der Waals surface area contributed by atoms with Crippen molar-refractivity contribution in [3.63, 3.8) is 0 Å². The van der Waals surface area contributed by atoms with Gasteiger partial charge in [-0.1, -0.05) is 0 Å². The molecule has 0 radical (unpaired) electrons. The van der Waals surface area contributed by atoms with Gasteiger partial charge in [-0.15, -0.1) is 0 Å². The molecule has 0 aliphatic rings. The SMILES string of the molecule is CC(=O)C(C)(C)C(=O)NC(C)C. The number of nitrogens with one attached hydrogen (secondary N) is 1. The topological polar surface area (TPSA) is 46.2 Å². The Morgan fingerprint density at radius 3 is 1.92 bits per heavy atom. The zero-order chi connectivity index (χ0) is 9.94. The molecular formula is C9H17NO2. The van der Waals surface area contributed by atoms with E-state index in [1.807, 2.05) is 13.8 Å². The number of carbonyl (C=O) groups excluding carboxylic acids is 2. The van der Waals surface area contributed by atoms with Crippen LogP contribution in [0.5, 0.6) is 0 Å². The van der Waals surface area contributed by atoms with Gasteiger partial charge >= 0.3 is 0 Å². The Bertz CT molecular complexity index is 195. The Balaban J connectivity index is 4.36. The van der Waals surface area contributed by atoms with Gasteiger partial charge in [-0.2, -0.15) is 0 Å². The summed E-state index contributed by atoms with van der Waals surface area (Å²) in [6.07, 6.45) is 0. The number of ketones is 1. The molecule has 0 unspecified atom stereocenters. The van der Waals surface area contributed by atoms with Crippen LogP contribution in [0, 0.1) is 5.41 Å². The average Bonchev–Trinajstić information content (AvgIpc) is 1.85. The number of amides is 1. The highest BCUT2D eigenvalue weighted by molar-refractivity contribution is 6.04. The molecule has 3 nitrogen and oxygen atoms in total. The van der Waals surface area contributed by atoms with Crippen molar-refractivity contribution in [2.24, 2.45) is 5.41 Å².